The first-order valence-corrected chi connectivity index (χ1v) is 11.5. The van der Waals surface area contributed by atoms with Crippen LogP contribution in [0.5, 0.6) is 0 Å². The van der Waals surface area contributed by atoms with E-state index in [0.717, 1.165) is 22.5 Å². The topological polar surface area (TPSA) is 84.3 Å². The summed E-state index contributed by atoms with van der Waals surface area (Å²) in [5.74, 6) is -0.118. The number of carbonyl (C=O) groups excluding carboxylic acids is 1. The van der Waals surface area contributed by atoms with E-state index < -0.39 is 10.0 Å². The molecular formula is C23H28N4O3S. The van der Waals surface area contributed by atoms with Crippen LogP contribution in [0.1, 0.15) is 46.9 Å². The fourth-order valence-electron chi connectivity index (χ4n) is 3.25. The van der Waals surface area contributed by atoms with Crippen LogP contribution in [-0.4, -0.2) is 42.5 Å². The maximum absolute atomic E-state index is 12.9. The number of benzene rings is 2. The molecule has 3 rings (SSSR count). The van der Waals surface area contributed by atoms with Gasteiger partial charge in [-0.15, -0.1) is 0 Å². The average molecular weight is 441 g/mol. The lowest BCUT2D eigenvalue weighted by molar-refractivity contribution is 0.0949. The zero-order valence-electron chi connectivity index (χ0n) is 18.5. The largest absolute Gasteiger partial charge is 0.348 e. The highest BCUT2D eigenvalue weighted by atomic mass is 32.2. The Morgan fingerprint density at radius 2 is 1.68 bits per heavy atom. The Morgan fingerprint density at radius 3 is 2.23 bits per heavy atom. The summed E-state index contributed by atoms with van der Waals surface area (Å²) in [5, 5.41) is 7.37. The van der Waals surface area contributed by atoms with Crippen molar-refractivity contribution in [3.63, 3.8) is 0 Å². The predicted molar refractivity (Wildman–Crippen MR) is 121 cm³/mol. The van der Waals surface area contributed by atoms with E-state index in [2.05, 4.69) is 10.4 Å². The Balaban J connectivity index is 1.77. The standard InChI is InChI=1S/C23H28N4O3S/c1-16(2)22-21(15-25-27(22)19-10-6-17(3)7-11-19)23(28)24-14-18-8-12-20(13-9-18)31(29,30)26(4)5/h6-13,15-16H,14H2,1-5H3,(H,24,28). The summed E-state index contributed by atoms with van der Waals surface area (Å²) in [7, 11) is -0.489. The molecule has 31 heavy (non-hydrogen) atoms. The van der Waals surface area contributed by atoms with Gasteiger partial charge in [0.1, 0.15) is 0 Å². The smallest absolute Gasteiger partial charge is 0.255 e. The molecule has 0 atom stereocenters. The minimum Gasteiger partial charge on any atom is -0.348 e. The van der Waals surface area contributed by atoms with Crippen molar-refractivity contribution in [2.24, 2.45) is 0 Å². The third-order valence-corrected chi connectivity index (χ3v) is 6.86. The minimum atomic E-state index is -3.47. The molecule has 7 nitrogen and oxygen atoms in total. The van der Waals surface area contributed by atoms with Crippen LogP contribution in [0.25, 0.3) is 5.69 Å². The van der Waals surface area contributed by atoms with E-state index in [1.807, 2.05) is 45.0 Å². The van der Waals surface area contributed by atoms with Gasteiger partial charge in [-0.05, 0) is 42.7 Å². The number of nitrogens with zero attached hydrogens (tertiary/aromatic N) is 3. The summed E-state index contributed by atoms with van der Waals surface area (Å²) in [6, 6.07) is 14.5. The highest BCUT2D eigenvalue weighted by molar-refractivity contribution is 7.89. The van der Waals surface area contributed by atoms with Crippen LogP contribution in [-0.2, 0) is 16.6 Å². The first-order valence-electron chi connectivity index (χ1n) is 10.1. The molecule has 0 fully saturated rings. The first kappa shape index (κ1) is 22.7. The van der Waals surface area contributed by atoms with Gasteiger partial charge in [-0.25, -0.2) is 17.4 Å². The number of rotatable bonds is 7. The van der Waals surface area contributed by atoms with E-state index in [9.17, 15) is 13.2 Å². The number of aromatic nitrogens is 2. The molecule has 0 unspecified atom stereocenters. The van der Waals surface area contributed by atoms with Gasteiger partial charge < -0.3 is 5.32 Å². The molecular weight excluding hydrogens is 412 g/mol. The van der Waals surface area contributed by atoms with Crippen LogP contribution in [0.2, 0.25) is 0 Å². The summed E-state index contributed by atoms with van der Waals surface area (Å²) in [5.41, 5.74) is 4.25. The van der Waals surface area contributed by atoms with Crippen molar-refractivity contribution in [1.29, 1.82) is 0 Å². The maximum Gasteiger partial charge on any atom is 0.255 e. The molecule has 0 spiro atoms. The van der Waals surface area contributed by atoms with Gasteiger partial charge in [0.05, 0.1) is 28.0 Å². The normalized spacial score (nSPS) is 11.8. The molecule has 0 aliphatic carbocycles. The Kier molecular flexibility index (Phi) is 6.62. The van der Waals surface area contributed by atoms with E-state index in [1.54, 1.807) is 35.1 Å². The Hall–Kier alpha value is -2.97. The first-order chi connectivity index (χ1) is 14.6. The Bertz CT molecular complexity index is 1160. The second kappa shape index (κ2) is 9.03. The van der Waals surface area contributed by atoms with Gasteiger partial charge in [-0.2, -0.15) is 5.10 Å². The molecule has 1 heterocycles. The van der Waals surface area contributed by atoms with E-state index in [0.29, 0.717) is 5.56 Å². The lowest BCUT2D eigenvalue weighted by Crippen LogP contribution is -2.24. The van der Waals surface area contributed by atoms with Gasteiger partial charge in [0.15, 0.2) is 0 Å². The fourth-order valence-corrected chi connectivity index (χ4v) is 4.15. The number of sulfonamides is 1. The van der Waals surface area contributed by atoms with Gasteiger partial charge in [0.2, 0.25) is 10.0 Å². The molecule has 1 aromatic heterocycles. The maximum atomic E-state index is 12.9. The van der Waals surface area contributed by atoms with Gasteiger partial charge >= 0.3 is 0 Å². The highest BCUT2D eigenvalue weighted by Gasteiger charge is 2.21. The van der Waals surface area contributed by atoms with Crippen LogP contribution < -0.4 is 5.32 Å². The van der Waals surface area contributed by atoms with E-state index in [-0.39, 0.29) is 23.3 Å². The number of hydrogen-bond acceptors (Lipinski definition) is 4. The van der Waals surface area contributed by atoms with Gasteiger partial charge in [0.25, 0.3) is 5.91 Å². The molecule has 1 N–H and O–H groups in total. The number of nitrogens with one attached hydrogen (secondary N) is 1. The van der Waals surface area contributed by atoms with Crippen LogP contribution in [0.3, 0.4) is 0 Å². The van der Waals surface area contributed by atoms with Crippen molar-refractivity contribution in [1.82, 2.24) is 19.4 Å². The van der Waals surface area contributed by atoms with Crippen molar-refractivity contribution >= 4 is 15.9 Å². The van der Waals surface area contributed by atoms with Crippen molar-refractivity contribution in [3.8, 4) is 5.69 Å². The second-order valence-electron chi connectivity index (χ2n) is 7.96. The second-order valence-corrected chi connectivity index (χ2v) is 10.1. The van der Waals surface area contributed by atoms with Gasteiger partial charge in [0, 0.05) is 20.6 Å². The zero-order valence-corrected chi connectivity index (χ0v) is 19.3. The average Bonchev–Trinajstić information content (AvgIpc) is 3.18. The van der Waals surface area contributed by atoms with E-state index >= 15 is 0 Å². The number of hydrogen-bond donors (Lipinski definition) is 1. The number of carbonyl (C=O) groups is 1. The third kappa shape index (κ3) is 4.86. The lowest BCUT2D eigenvalue weighted by Gasteiger charge is -2.14. The molecule has 2 aromatic carbocycles. The van der Waals surface area contributed by atoms with Crippen LogP contribution >= 0.6 is 0 Å². The SMILES string of the molecule is Cc1ccc(-n2ncc(C(=O)NCc3ccc(S(=O)(=O)N(C)C)cc3)c2C(C)C)cc1. The fraction of sp³-hybridized carbons (Fsp3) is 0.304. The van der Waals surface area contributed by atoms with Crippen molar-refractivity contribution in [3.05, 3.63) is 77.1 Å². The Labute approximate surface area is 183 Å². The summed E-state index contributed by atoms with van der Waals surface area (Å²) >= 11 is 0. The molecule has 0 radical (unpaired) electrons. The summed E-state index contributed by atoms with van der Waals surface area (Å²) in [6.07, 6.45) is 1.59. The number of aryl methyl sites for hydroxylation is 1. The van der Waals surface area contributed by atoms with Crippen LogP contribution in [0, 0.1) is 6.92 Å². The van der Waals surface area contributed by atoms with Gasteiger partial charge in [-0.3, -0.25) is 4.79 Å². The lowest BCUT2D eigenvalue weighted by atomic mass is 10.0. The predicted octanol–water partition coefficient (Wildman–Crippen LogP) is 3.48. The molecule has 0 saturated heterocycles. The molecule has 0 bridgehead atoms. The minimum absolute atomic E-state index is 0.0973. The van der Waals surface area contributed by atoms with Crippen molar-refractivity contribution in [2.45, 2.75) is 38.1 Å². The Morgan fingerprint density at radius 1 is 1.06 bits per heavy atom. The van der Waals surface area contributed by atoms with E-state index in [4.69, 9.17) is 0 Å². The molecule has 1 amide bonds. The summed E-state index contributed by atoms with van der Waals surface area (Å²) < 4.78 is 27.3. The summed E-state index contributed by atoms with van der Waals surface area (Å²) in [4.78, 5) is 13.1. The monoisotopic (exact) mass is 440 g/mol. The molecule has 0 saturated carbocycles. The molecule has 0 aliphatic rings. The zero-order chi connectivity index (χ0) is 22.8. The highest BCUT2D eigenvalue weighted by Crippen LogP contribution is 2.23. The molecule has 3 aromatic rings. The quantitative estimate of drug-likeness (QED) is 0.610. The number of amides is 1. The molecule has 0 aliphatic heterocycles. The van der Waals surface area contributed by atoms with Crippen LogP contribution in [0.4, 0.5) is 0 Å². The van der Waals surface area contributed by atoms with E-state index in [1.165, 1.54) is 18.4 Å². The molecule has 164 valence electrons. The van der Waals surface area contributed by atoms with Crippen molar-refractivity contribution in [2.75, 3.05) is 14.1 Å². The summed E-state index contributed by atoms with van der Waals surface area (Å²) in [6.45, 7) is 6.37. The third-order valence-electron chi connectivity index (χ3n) is 5.03. The van der Waals surface area contributed by atoms with Crippen LogP contribution in [0.15, 0.2) is 59.6 Å². The van der Waals surface area contributed by atoms with Crippen molar-refractivity contribution < 1.29 is 13.2 Å². The molecule has 8 heteroatoms. The van der Waals surface area contributed by atoms with Gasteiger partial charge in [-0.1, -0.05) is 43.7 Å².